The maximum absolute atomic E-state index is 12.8. The normalized spacial score (nSPS) is 16.9. The topological polar surface area (TPSA) is 114 Å². The molecule has 1 heterocycles. The van der Waals surface area contributed by atoms with Crippen LogP contribution in [0.4, 0.5) is 15.3 Å². The van der Waals surface area contributed by atoms with Crippen molar-refractivity contribution >= 4 is 35.0 Å². The second-order valence-corrected chi connectivity index (χ2v) is 11.4. The van der Waals surface area contributed by atoms with Gasteiger partial charge in [0.2, 0.25) is 0 Å². The van der Waals surface area contributed by atoms with Gasteiger partial charge in [-0.1, -0.05) is 25.1 Å². The van der Waals surface area contributed by atoms with Gasteiger partial charge in [-0.05, 0) is 104 Å². The van der Waals surface area contributed by atoms with E-state index in [1.54, 1.807) is 12.1 Å². The first-order valence-electron chi connectivity index (χ1n) is 13.4. The van der Waals surface area contributed by atoms with Gasteiger partial charge in [-0.15, -0.1) is 4.72 Å². The zero-order chi connectivity index (χ0) is 26.8. The van der Waals surface area contributed by atoms with E-state index < -0.39 is 17.4 Å². The van der Waals surface area contributed by atoms with Crippen LogP contribution in [0.1, 0.15) is 60.9 Å². The first-order valence-corrected chi connectivity index (χ1v) is 14.5. The van der Waals surface area contributed by atoms with Crippen LogP contribution >= 0.6 is 0 Å². The molecule has 38 heavy (non-hydrogen) atoms. The molecule has 0 saturated heterocycles. The number of urea groups is 2. The first kappa shape index (κ1) is 26.3. The maximum atomic E-state index is 12.8. The zero-order valence-electron chi connectivity index (χ0n) is 21.9. The molecule has 5 rings (SSSR count). The molecule has 2 aliphatic carbocycles. The Balaban J connectivity index is 1.12. The van der Waals surface area contributed by atoms with Crippen molar-refractivity contribution in [2.45, 2.75) is 70.1 Å². The Morgan fingerprint density at radius 3 is 2.29 bits per heavy atom. The minimum atomic E-state index is -1.70. The van der Waals surface area contributed by atoms with Crippen LogP contribution in [0.5, 0.6) is 0 Å². The van der Waals surface area contributed by atoms with Crippen LogP contribution in [0.25, 0.3) is 0 Å². The van der Waals surface area contributed by atoms with Crippen molar-refractivity contribution in [3.8, 4) is 0 Å². The van der Waals surface area contributed by atoms with E-state index in [1.807, 2.05) is 26.0 Å². The number of amides is 5. The molecule has 1 aliphatic heterocycles. The van der Waals surface area contributed by atoms with Crippen LogP contribution in [-0.2, 0) is 48.3 Å². The molecule has 3 N–H and O–H groups in total. The Kier molecular flexibility index (Phi) is 7.76. The van der Waals surface area contributed by atoms with E-state index >= 15 is 0 Å². The van der Waals surface area contributed by atoms with Gasteiger partial charge < -0.3 is 15.2 Å². The Bertz CT molecular complexity index is 1270. The largest absolute Gasteiger partial charge is 0.588 e. The summed E-state index contributed by atoms with van der Waals surface area (Å²) in [6, 6.07) is 8.56. The summed E-state index contributed by atoms with van der Waals surface area (Å²) < 4.78 is 15.4. The minimum absolute atomic E-state index is 0.216. The van der Waals surface area contributed by atoms with Gasteiger partial charge in [0.15, 0.2) is 4.90 Å². The van der Waals surface area contributed by atoms with Gasteiger partial charge in [-0.2, -0.15) is 0 Å². The summed E-state index contributed by atoms with van der Waals surface area (Å²) in [4.78, 5) is 39.3. The number of hydrogen-bond donors (Lipinski definition) is 3. The van der Waals surface area contributed by atoms with Gasteiger partial charge in [0.25, 0.3) is 5.91 Å². The number of carbonyl (C=O) groups excluding carboxylic acids is 3. The van der Waals surface area contributed by atoms with Crippen LogP contribution in [0.2, 0.25) is 0 Å². The summed E-state index contributed by atoms with van der Waals surface area (Å²) in [6.45, 7) is 4.51. The van der Waals surface area contributed by atoms with Crippen molar-refractivity contribution in [1.82, 2.24) is 14.9 Å². The fourth-order valence-electron chi connectivity index (χ4n) is 5.81. The van der Waals surface area contributed by atoms with Crippen molar-refractivity contribution in [2.24, 2.45) is 0 Å². The highest BCUT2D eigenvalue weighted by Crippen LogP contribution is 2.38. The number of benzene rings is 2. The highest BCUT2D eigenvalue weighted by Gasteiger charge is 2.31. The molecule has 9 heteroatoms. The van der Waals surface area contributed by atoms with E-state index in [0.717, 1.165) is 55.3 Å². The van der Waals surface area contributed by atoms with E-state index in [-0.39, 0.29) is 11.9 Å². The molecule has 0 bridgehead atoms. The molecule has 0 radical (unpaired) electrons. The number of hydrogen-bond acceptors (Lipinski definition) is 4. The van der Waals surface area contributed by atoms with Crippen LogP contribution in [0.15, 0.2) is 46.4 Å². The molecule has 200 valence electrons. The third kappa shape index (κ3) is 5.31. The maximum Gasteiger partial charge on any atom is 0.361 e. The average Bonchev–Trinajstić information content (AvgIpc) is 3.63. The Hall–Kier alpha value is -3.30. The highest BCUT2D eigenvalue weighted by atomic mass is 32.2. The monoisotopic (exact) mass is 534 g/mol. The Morgan fingerprint density at radius 2 is 1.68 bits per heavy atom. The summed E-state index contributed by atoms with van der Waals surface area (Å²) in [6.07, 6.45) is 7.41. The Morgan fingerprint density at radius 1 is 1.03 bits per heavy atom. The molecular weight excluding hydrogens is 500 g/mol. The lowest BCUT2D eigenvalue weighted by atomic mass is 9.99. The SMILES string of the molecule is CCC1=C(C)CN(C(=O)NCCc2ccc([S+]([O-])NC(=O)Nc3c4c(cc5c3CCC5)CCC4)cc2)C1=O. The lowest BCUT2D eigenvalue weighted by Crippen LogP contribution is -2.42. The average molecular weight is 535 g/mol. The van der Waals surface area contributed by atoms with Crippen molar-refractivity contribution in [2.75, 3.05) is 18.4 Å². The number of imide groups is 1. The fraction of sp³-hybridized carbons (Fsp3) is 0.414. The number of nitrogens with zero attached hydrogens (tertiary/aromatic N) is 1. The van der Waals surface area contributed by atoms with Crippen LogP contribution in [0, 0.1) is 0 Å². The van der Waals surface area contributed by atoms with Crippen molar-refractivity contribution < 1.29 is 18.9 Å². The van der Waals surface area contributed by atoms with Gasteiger partial charge in [-0.3, -0.25) is 9.69 Å². The van der Waals surface area contributed by atoms with E-state index in [2.05, 4.69) is 21.4 Å². The van der Waals surface area contributed by atoms with Gasteiger partial charge in [0.1, 0.15) is 11.4 Å². The third-order valence-electron chi connectivity index (χ3n) is 7.74. The lowest BCUT2D eigenvalue weighted by Gasteiger charge is -2.17. The predicted octanol–water partition coefficient (Wildman–Crippen LogP) is 4.33. The van der Waals surface area contributed by atoms with E-state index in [0.29, 0.717) is 36.4 Å². The summed E-state index contributed by atoms with van der Waals surface area (Å²) in [5.74, 6) is -0.216. The molecular formula is C29H34N4O4S. The number of carbonyl (C=O) groups is 3. The number of aryl methyl sites for hydroxylation is 2. The van der Waals surface area contributed by atoms with E-state index in [9.17, 15) is 18.9 Å². The van der Waals surface area contributed by atoms with Crippen LogP contribution in [-0.4, -0.2) is 40.5 Å². The first-order chi connectivity index (χ1) is 18.4. The molecule has 0 spiro atoms. The molecule has 2 aromatic rings. The fourth-order valence-corrected chi connectivity index (χ4v) is 6.53. The Labute approximate surface area is 226 Å². The summed E-state index contributed by atoms with van der Waals surface area (Å²) >= 11 is -1.70. The number of nitrogens with one attached hydrogen (secondary N) is 3. The molecule has 5 amide bonds. The predicted molar refractivity (Wildman–Crippen MR) is 147 cm³/mol. The lowest BCUT2D eigenvalue weighted by molar-refractivity contribution is -0.123. The molecule has 1 atom stereocenters. The number of fused-ring (bicyclic) bond motifs is 2. The summed E-state index contributed by atoms with van der Waals surface area (Å²) in [5, 5.41) is 5.82. The van der Waals surface area contributed by atoms with Gasteiger partial charge in [0.05, 0.1) is 6.54 Å². The van der Waals surface area contributed by atoms with Crippen molar-refractivity contribution in [1.29, 1.82) is 0 Å². The number of anilines is 1. The summed E-state index contributed by atoms with van der Waals surface area (Å²) in [5.41, 5.74) is 8.65. The quantitative estimate of drug-likeness (QED) is 0.459. The van der Waals surface area contributed by atoms with Gasteiger partial charge >= 0.3 is 12.1 Å². The highest BCUT2D eigenvalue weighted by molar-refractivity contribution is 7.90. The smallest absolute Gasteiger partial charge is 0.361 e. The third-order valence-corrected chi connectivity index (χ3v) is 8.81. The molecule has 1 unspecified atom stereocenters. The minimum Gasteiger partial charge on any atom is -0.588 e. The second kappa shape index (κ2) is 11.2. The standard InChI is InChI=1S/C29H34N4O4S/c1-3-23-18(2)17-33(27(23)34)29(36)30-15-14-19-10-12-22(13-11-19)38(37)32-28(35)31-26-24-8-4-6-20(24)16-21-7-5-9-25(21)26/h10-13,16H,3-9,14-15,17H2,1-2H3,(H,30,36)(H2,31,32,35). The van der Waals surface area contributed by atoms with Crippen molar-refractivity contribution in [3.05, 3.63) is 69.3 Å². The summed E-state index contributed by atoms with van der Waals surface area (Å²) in [7, 11) is 0. The molecule has 0 aromatic heterocycles. The van der Waals surface area contributed by atoms with Gasteiger partial charge in [0, 0.05) is 17.8 Å². The van der Waals surface area contributed by atoms with E-state index in [1.165, 1.54) is 27.2 Å². The van der Waals surface area contributed by atoms with Crippen LogP contribution < -0.4 is 15.4 Å². The number of rotatable bonds is 7. The van der Waals surface area contributed by atoms with Crippen molar-refractivity contribution in [3.63, 3.8) is 0 Å². The molecule has 0 fully saturated rings. The molecule has 8 nitrogen and oxygen atoms in total. The second-order valence-electron chi connectivity index (χ2n) is 10.2. The van der Waals surface area contributed by atoms with E-state index in [4.69, 9.17) is 0 Å². The molecule has 3 aliphatic rings. The van der Waals surface area contributed by atoms with Gasteiger partial charge in [-0.25, -0.2) is 9.59 Å². The van der Waals surface area contributed by atoms with Crippen LogP contribution in [0.3, 0.4) is 0 Å². The molecule has 0 saturated carbocycles. The zero-order valence-corrected chi connectivity index (χ0v) is 22.8. The molecule has 2 aromatic carbocycles.